The van der Waals surface area contributed by atoms with E-state index in [0.717, 1.165) is 5.76 Å². The van der Waals surface area contributed by atoms with Gasteiger partial charge in [-0.15, -0.1) is 0 Å². The molecular formula is C12H12N2O3. The highest BCUT2D eigenvalue weighted by atomic mass is 16.5. The zero-order valence-electron chi connectivity index (χ0n) is 9.85. The molecule has 0 bridgehead atoms. The molecule has 0 radical (unpaired) electrons. The molecule has 0 atom stereocenters. The van der Waals surface area contributed by atoms with Crippen LogP contribution in [0.4, 0.5) is 0 Å². The van der Waals surface area contributed by atoms with Crippen LogP contribution in [-0.4, -0.2) is 23.0 Å². The molecule has 0 spiro atoms. The summed E-state index contributed by atoms with van der Waals surface area (Å²) in [6.45, 7) is 3.63. The van der Waals surface area contributed by atoms with Gasteiger partial charge < -0.3 is 9.15 Å². The maximum Gasteiger partial charge on any atom is 0.376 e. The van der Waals surface area contributed by atoms with Crippen molar-refractivity contribution in [3.63, 3.8) is 0 Å². The number of aromatic nitrogens is 2. The van der Waals surface area contributed by atoms with Gasteiger partial charge in [0.2, 0.25) is 5.82 Å². The van der Waals surface area contributed by atoms with Gasteiger partial charge in [0.25, 0.3) is 0 Å². The van der Waals surface area contributed by atoms with Crippen LogP contribution >= 0.6 is 0 Å². The molecule has 0 aliphatic heterocycles. The van der Waals surface area contributed by atoms with Gasteiger partial charge >= 0.3 is 5.97 Å². The van der Waals surface area contributed by atoms with Crippen molar-refractivity contribution in [2.75, 3.05) is 7.11 Å². The lowest BCUT2D eigenvalue weighted by molar-refractivity contribution is 0.0586. The molecule has 0 saturated carbocycles. The largest absolute Gasteiger partial charge is 0.463 e. The van der Waals surface area contributed by atoms with Crippen molar-refractivity contribution in [1.82, 2.24) is 9.97 Å². The first-order valence-electron chi connectivity index (χ1n) is 5.11. The molecule has 2 aromatic heterocycles. The number of furan rings is 1. The number of ether oxygens (including phenoxy) is 1. The predicted molar refractivity (Wildman–Crippen MR) is 60.5 cm³/mol. The SMILES string of the molecule is COC(=O)c1nc(C)cc(-c2ccc(C)o2)n1. The first-order valence-corrected chi connectivity index (χ1v) is 5.11. The summed E-state index contributed by atoms with van der Waals surface area (Å²) in [6, 6.07) is 5.40. The lowest BCUT2D eigenvalue weighted by Crippen LogP contribution is -2.08. The maximum absolute atomic E-state index is 11.4. The Morgan fingerprint density at radius 2 is 2.06 bits per heavy atom. The number of carbonyl (C=O) groups excluding carboxylic acids is 1. The normalized spacial score (nSPS) is 10.3. The first-order chi connectivity index (χ1) is 8.10. The Morgan fingerprint density at radius 3 is 2.65 bits per heavy atom. The second-order valence-electron chi connectivity index (χ2n) is 3.62. The standard InChI is InChI=1S/C12H12N2O3/c1-7-6-9(10-5-4-8(2)17-10)14-11(13-7)12(15)16-3/h4-6H,1-3H3. The molecule has 17 heavy (non-hydrogen) atoms. The molecule has 0 aromatic carbocycles. The summed E-state index contributed by atoms with van der Waals surface area (Å²) in [5, 5.41) is 0. The van der Waals surface area contributed by atoms with Crippen LogP contribution in [0.5, 0.6) is 0 Å². The molecular weight excluding hydrogens is 220 g/mol. The fraction of sp³-hybridized carbons (Fsp3) is 0.250. The summed E-state index contributed by atoms with van der Waals surface area (Å²) in [5.74, 6) is 0.879. The molecule has 5 nitrogen and oxygen atoms in total. The van der Waals surface area contributed by atoms with Crippen molar-refractivity contribution in [3.8, 4) is 11.5 Å². The molecule has 0 saturated heterocycles. The molecule has 0 unspecified atom stereocenters. The Balaban J connectivity index is 2.48. The van der Waals surface area contributed by atoms with E-state index in [0.29, 0.717) is 17.1 Å². The fourth-order valence-corrected chi connectivity index (χ4v) is 1.45. The van der Waals surface area contributed by atoms with Gasteiger partial charge in [0.15, 0.2) is 5.76 Å². The number of hydrogen-bond donors (Lipinski definition) is 0. The van der Waals surface area contributed by atoms with Crippen LogP contribution in [0, 0.1) is 13.8 Å². The molecule has 2 heterocycles. The maximum atomic E-state index is 11.4. The third-order valence-corrected chi connectivity index (χ3v) is 2.21. The lowest BCUT2D eigenvalue weighted by Gasteiger charge is -2.02. The Labute approximate surface area is 98.5 Å². The highest BCUT2D eigenvalue weighted by molar-refractivity contribution is 5.85. The highest BCUT2D eigenvalue weighted by Crippen LogP contribution is 2.20. The van der Waals surface area contributed by atoms with Gasteiger partial charge in [-0.1, -0.05) is 0 Å². The van der Waals surface area contributed by atoms with Crippen molar-refractivity contribution in [2.45, 2.75) is 13.8 Å². The van der Waals surface area contributed by atoms with E-state index < -0.39 is 5.97 Å². The molecule has 0 amide bonds. The summed E-state index contributed by atoms with van der Waals surface area (Å²) in [6.07, 6.45) is 0. The monoisotopic (exact) mass is 232 g/mol. The van der Waals surface area contributed by atoms with E-state index in [-0.39, 0.29) is 5.82 Å². The third kappa shape index (κ3) is 2.33. The summed E-state index contributed by atoms with van der Waals surface area (Å²) in [7, 11) is 1.30. The second-order valence-corrected chi connectivity index (χ2v) is 3.62. The molecule has 0 aliphatic carbocycles. The van der Waals surface area contributed by atoms with Gasteiger partial charge in [0.05, 0.1) is 7.11 Å². The van der Waals surface area contributed by atoms with Crippen molar-refractivity contribution in [1.29, 1.82) is 0 Å². The van der Waals surface area contributed by atoms with Gasteiger partial charge in [-0.2, -0.15) is 0 Å². The molecule has 0 N–H and O–H groups in total. The van der Waals surface area contributed by atoms with Crippen LogP contribution in [0.1, 0.15) is 22.1 Å². The third-order valence-electron chi connectivity index (χ3n) is 2.21. The minimum atomic E-state index is -0.557. The Bertz CT molecular complexity index is 561. The van der Waals surface area contributed by atoms with Crippen LogP contribution in [0.25, 0.3) is 11.5 Å². The van der Waals surface area contributed by atoms with Crippen molar-refractivity contribution in [2.24, 2.45) is 0 Å². The van der Waals surface area contributed by atoms with E-state index in [4.69, 9.17) is 4.42 Å². The summed E-state index contributed by atoms with van der Waals surface area (Å²) in [5.41, 5.74) is 1.26. The number of hydrogen-bond acceptors (Lipinski definition) is 5. The van der Waals surface area contributed by atoms with Crippen molar-refractivity contribution >= 4 is 5.97 Å². The topological polar surface area (TPSA) is 65.2 Å². The van der Waals surface area contributed by atoms with Gasteiger partial charge in [-0.25, -0.2) is 14.8 Å². The predicted octanol–water partition coefficient (Wildman–Crippen LogP) is 2.14. The fourth-order valence-electron chi connectivity index (χ4n) is 1.45. The molecule has 5 heteroatoms. The summed E-state index contributed by atoms with van der Waals surface area (Å²) in [4.78, 5) is 19.5. The Hall–Kier alpha value is -2.17. The zero-order chi connectivity index (χ0) is 12.4. The van der Waals surface area contributed by atoms with Crippen LogP contribution in [0.3, 0.4) is 0 Å². The van der Waals surface area contributed by atoms with Gasteiger partial charge in [0.1, 0.15) is 11.5 Å². The number of esters is 1. The number of nitrogens with zero attached hydrogens (tertiary/aromatic N) is 2. The van der Waals surface area contributed by atoms with Crippen LogP contribution in [0.15, 0.2) is 22.6 Å². The molecule has 88 valence electrons. The Kier molecular flexibility index (Phi) is 2.91. The summed E-state index contributed by atoms with van der Waals surface area (Å²) < 4.78 is 10.0. The van der Waals surface area contributed by atoms with Gasteiger partial charge in [-0.05, 0) is 32.0 Å². The van der Waals surface area contributed by atoms with E-state index >= 15 is 0 Å². The molecule has 2 aromatic rings. The number of methoxy groups -OCH3 is 1. The minimum Gasteiger partial charge on any atom is -0.463 e. The van der Waals surface area contributed by atoms with E-state index in [2.05, 4.69) is 14.7 Å². The quantitative estimate of drug-likeness (QED) is 0.742. The van der Waals surface area contributed by atoms with Crippen molar-refractivity contribution < 1.29 is 13.9 Å². The number of rotatable bonds is 2. The molecule has 0 aliphatic rings. The highest BCUT2D eigenvalue weighted by Gasteiger charge is 2.13. The van der Waals surface area contributed by atoms with Crippen LogP contribution in [-0.2, 0) is 4.74 Å². The minimum absolute atomic E-state index is 0.0385. The smallest absolute Gasteiger partial charge is 0.376 e. The summed E-state index contributed by atoms with van der Waals surface area (Å²) >= 11 is 0. The number of aryl methyl sites for hydroxylation is 2. The van der Waals surface area contributed by atoms with Gasteiger partial charge in [0, 0.05) is 5.69 Å². The van der Waals surface area contributed by atoms with E-state index in [1.54, 1.807) is 19.1 Å². The average Bonchev–Trinajstić information content (AvgIpc) is 2.74. The van der Waals surface area contributed by atoms with Gasteiger partial charge in [-0.3, -0.25) is 0 Å². The Morgan fingerprint density at radius 1 is 1.29 bits per heavy atom. The average molecular weight is 232 g/mol. The van der Waals surface area contributed by atoms with Crippen molar-refractivity contribution in [3.05, 3.63) is 35.5 Å². The number of carbonyl (C=O) groups is 1. The lowest BCUT2D eigenvalue weighted by atomic mass is 10.2. The molecule has 2 rings (SSSR count). The van der Waals surface area contributed by atoms with E-state index in [9.17, 15) is 4.79 Å². The molecule has 0 fully saturated rings. The first kappa shape index (κ1) is 11.3. The van der Waals surface area contributed by atoms with E-state index in [1.165, 1.54) is 7.11 Å². The second kappa shape index (κ2) is 4.37. The van der Waals surface area contributed by atoms with E-state index in [1.807, 2.05) is 13.0 Å². The zero-order valence-corrected chi connectivity index (χ0v) is 9.85. The van der Waals surface area contributed by atoms with Crippen LogP contribution < -0.4 is 0 Å². The van der Waals surface area contributed by atoms with Crippen LogP contribution in [0.2, 0.25) is 0 Å².